The largest absolute Gasteiger partial charge is 0.460 e. The summed E-state index contributed by atoms with van der Waals surface area (Å²) in [5.74, 6) is -2.14. The summed E-state index contributed by atoms with van der Waals surface area (Å²) in [5.41, 5.74) is 3.93. The van der Waals surface area contributed by atoms with Gasteiger partial charge in [-0.1, -0.05) is 0 Å². The van der Waals surface area contributed by atoms with E-state index in [9.17, 15) is 24.0 Å². The zero-order valence-electron chi connectivity index (χ0n) is 22.5. The van der Waals surface area contributed by atoms with Crippen LogP contribution in [0.25, 0.3) is 0 Å². The minimum atomic E-state index is -1.06. The third-order valence-corrected chi connectivity index (χ3v) is 4.21. The number of nitrogens with one attached hydrogen (secondary N) is 3. The van der Waals surface area contributed by atoms with Crippen molar-refractivity contribution in [1.29, 1.82) is 0 Å². The molecule has 0 aliphatic heterocycles. The first-order chi connectivity index (χ1) is 16.6. The van der Waals surface area contributed by atoms with Crippen LogP contribution in [0.5, 0.6) is 0 Å². The van der Waals surface area contributed by atoms with E-state index in [1.165, 1.54) is 0 Å². The van der Waals surface area contributed by atoms with E-state index in [1.54, 1.807) is 41.5 Å². The summed E-state index contributed by atoms with van der Waals surface area (Å²) in [5, 5.41) is 7.67. The topological polar surface area (TPSA) is 175 Å². The first-order valence-electron chi connectivity index (χ1n) is 12.2. The van der Waals surface area contributed by atoms with Crippen LogP contribution >= 0.6 is 0 Å². The third-order valence-electron chi connectivity index (χ3n) is 4.21. The quantitative estimate of drug-likeness (QED) is 0.142. The molecule has 0 aliphatic carbocycles. The highest BCUT2D eigenvalue weighted by Crippen LogP contribution is 2.13. The highest BCUT2D eigenvalue weighted by molar-refractivity contribution is 5.84. The molecule has 0 bridgehead atoms. The number of hydrogen-bond donors (Lipinski definition) is 4. The zero-order valence-corrected chi connectivity index (χ0v) is 22.5. The number of carbonyl (C=O) groups is 5. The van der Waals surface area contributed by atoms with Gasteiger partial charge in [-0.2, -0.15) is 0 Å². The molecule has 0 saturated carbocycles. The number of carbonyl (C=O) groups excluding carboxylic acids is 5. The molecule has 12 heteroatoms. The van der Waals surface area contributed by atoms with Crippen molar-refractivity contribution in [3.8, 4) is 0 Å². The van der Waals surface area contributed by atoms with Gasteiger partial charge in [-0.15, -0.1) is 0 Å². The molecule has 0 spiro atoms. The summed E-state index contributed by atoms with van der Waals surface area (Å²) in [6.45, 7) is 11.1. The first-order valence-corrected chi connectivity index (χ1v) is 12.2. The molecule has 0 rings (SSSR count). The van der Waals surface area contributed by atoms with Gasteiger partial charge in [0.2, 0.25) is 0 Å². The molecule has 0 fully saturated rings. The molecule has 1 unspecified atom stereocenters. The summed E-state index contributed by atoms with van der Waals surface area (Å²) in [4.78, 5) is 60.2. The molecule has 0 aromatic carbocycles. The Hall–Kier alpha value is -2.89. The fourth-order valence-corrected chi connectivity index (χ4v) is 2.69. The fraction of sp³-hybridized carbons (Fsp3) is 0.792. The van der Waals surface area contributed by atoms with Crippen LogP contribution in [0.4, 0.5) is 4.79 Å². The number of unbranched alkanes of at least 4 members (excludes halogenated alkanes) is 1. The van der Waals surface area contributed by atoms with Crippen molar-refractivity contribution in [2.75, 3.05) is 26.2 Å². The first kappa shape index (κ1) is 33.1. The monoisotopic (exact) mass is 516 g/mol. The lowest BCUT2D eigenvalue weighted by atomic mass is 10.1. The van der Waals surface area contributed by atoms with Gasteiger partial charge < -0.3 is 35.9 Å². The maximum Gasteiger partial charge on any atom is 0.329 e. The standard InChI is InChI=1S/C24H44N4O8/c1-23(2,3)35-20(31)12-11-17(21(32)36-24(4,5)6)28-22(33)27-15-9-10-19(30)34-16-18(29)26-14-8-7-13-25/h17H,7-16,25H2,1-6H3,(H,26,29)(H2,27,28,33). The van der Waals surface area contributed by atoms with Crippen molar-refractivity contribution in [2.24, 2.45) is 5.73 Å². The van der Waals surface area contributed by atoms with Gasteiger partial charge in [0.25, 0.3) is 5.91 Å². The van der Waals surface area contributed by atoms with Crippen molar-refractivity contribution in [3.05, 3.63) is 0 Å². The second-order valence-electron chi connectivity index (χ2n) is 10.2. The van der Waals surface area contributed by atoms with Crippen LogP contribution in [0, 0.1) is 0 Å². The average molecular weight is 517 g/mol. The molecule has 0 aliphatic rings. The summed E-state index contributed by atoms with van der Waals surface area (Å²) in [6.07, 6.45) is 1.71. The molecule has 0 aromatic heterocycles. The van der Waals surface area contributed by atoms with Gasteiger partial charge in [0.1, 0.15) is 17.2 Å². The number of rotatable bonds is 15. The summed E-state index contributed by atoms with van der Waals surface area (Å²) < 4.78 is 15.5. The van der Waals surface area contributed by atoms with E-state index in [0.29, 0.717) is 13.1 Å². The number of amides is 3. The minimum Gasteiger partial charge on any atom is -0.460 e. The second kappa shape index (κ2) is 16.7. The predicted molar refractivity (Wildman–Crippen MR) is 133 cm³/mol. The highest BCUT2D eigenvalue weighted by atomic mass is 16.6. The van der Waals surface area contributed by atoms with Crippen molar-refractivity contribution < 1.29 is 38.2 Å². The average Bonchev–Trinajstić information content (AvgIpc) is 2.73. The van der Waals surface area contributed by atoms with Crippen LogP contribution in [0.3, 0.4) is 0 Å². The molecule has 3 amide bonds. The third kappa shape index (κ3) is 19.4. The van der Waals surface area contributed by atoms with Crippen LogP contribution in [-0.4, -0.2) is 73.3 Å². The van der Waals surface area contributed by atoms with E-state index in [-0.39, 0.29) is 38.8 Å². The summed E-state index contributed by atoms with van der Waals surface area (Å²) in [7, 11) is 0. The van der Waals surface area contributed by atoms with Crippen LogP contribution in [0.15, 0.2) is 0 Å². The lowest BCUT2D eigenvalue weighted by Gasteiger charge is -2.25. The molecule has 1 atom stereocenters. The zero-order chi connectivity index (χ0) is 27.8. The fourth-order valence-electron chi connectivity index (χ4n) is 2.69. The number of urea groups is 1. The molecular weight excluding hydrogens is 472 g/mol. The molecular formula is C24H44N4O8. The predicted octanol–water partition coefficient (Wildman–Crippen LogP) is 1.30. The van der Waals surface area contributed by atoms with E-state index >= 15 is 0 Å². The van der Waals surface area contributed by atoms with E-state index in [1.807, 2.05) is 0 Å². The molecule has 0 radical (unpaired) electrons. The Labute approximate surface area is 213 Å². The van der Waals surface area contributed by atoms with Crippen LogP contribution < -0.4 is 21.7 Å². The van der Waals surface area contributed by atoms with Crippen LogP contribution in [0.2, 0.25) is 0 Å². The van der Waals surface area contributed by atoms with E-state index < -0.39 is 47.1 Å². The maximum atomic E-state index is 12.5. The van der Waals surface area contributed by atoms with Gasteiger partial charge in [0, 0.05) is 25.9 Å². The Morgan fingerprint density at radius 2 is 1.39 bits per heavy atom. The van der Waals surface area contributed by atoms with Crippen LogP contribution in [-0.2, 0) is 33.4 Å². The molecule has 0 aromatic rings. The molecule has 0 saturated heterocycles. The maximum absolute atomic E-state index is 12.5. The number of esters is 3. The Morgan fingerprint density at radius 1 is 0.778 bits per heavy atom. The number of hydrogen-bond acceptors (Lipinski definition) is 9. The van der Waals surface area contributed by atoms with Crippen molar-refractivity contribution in [2.45, 2.75) is 97.3 Å². The van der Waals surface area contributed by atoms with Crippen LogP contribution in [0.1, 0.15) is 80.1 Å². The lowest BCUT2D eigenvalue weighted by molar-refractivity contribution is -0.158. The number of nitrogens with two attached hydrogens (primary N) is 1. The van der Waals surface area contributed by atoms with Crippen molar-refractivity contribution >= 4 is 29.8 Å². The molecule has 208 valence electrons. The van der Waals surface area contributed by atoms with Gasteiger partial charge in [0.15, 0.2) is 6.61 Å². The molecule has 0 heterocycles. The Balaban J connectivity index is 4.47. The van der Waals surface area contributed by atoms with Gasteiger partial charge in [0.05, 0.1) is 0 Å². The lowest BCUT2D eigenvalue weighted by Crippen LogP contribution is -2.48. The Bertz CT molecular complexity index is 729. The second-order valence-corrected chi connectivity index (χ2v) is 10.2. The SMILES string of the molecule is CC(C)(C)OC(=O)CCC(NC(=O)NCCCC(=O)OCC(=O)NCCCCN)C(=O)OC(C)(C)C. The van der Waals surface area contributed by atoms with Gasteiger partial charge in [-0.25, -0.2) is 9.59 Å². The van der Waals surface area contributed by atoms with Crippen molar-refractivity contribution in [1.82, 2.24) is 16.0 Å². The molecule has 12 nitrogen and oxygen atoms in total. The minimum absolute atomic E-state index is 0.00212. The summed E-state index contributed by atoms with van der Waals surface area (Å²) >= 11 is 0. The van der Waals surface area contributed by atoms with Gasteiger partial charge >= 0.3 is 23.9 Å². The Morgan fingerprint density at radius 3 is 1.97 bits per heavy atom. The molecule has 36 heavy (non-hydrogen) atoms. The summed E-state index contributed by atoms with van der Waals surface area (Å²) in [6, 6.07) is -1.72. The van der Waals surface area contributed by atoms with Gasteiger partial charge in [-0.3, -0.25) is 14.4 Å². The smallest absolute Gasteiger partial charge is 0.329 e. The van der Waals surface area contributed by atoms with Crippen molar-refractivity contribution in [3.63, 3.8) is 0 Å². The highest BCUT2D eigenvalue weighted by Gasteiger charge is 2.28. The number of ether oxygens (including phenoxy) is 3. The van der Waals surface area contributed by atoms with E-state index in [0.717, 1.165) is 12.8 Å². The normalized spacial score (nSPS) is 12.2. The van der Waals surface area contributed by atoms with Gasteiger partial charge in [-0.05, 0) is 73.8 Å². The molecule has 5 N–H and O–H groups in total. The van der Waals surface area contributed by atoms with E-state index in [4.69, 9.17) is 19.9 Å². The Kier molecular flexibility index (Phi) is 15.4. The van der Waals surface area contributed by atoms with E-state index in [2.05, 4.69) is 16.0 Å².